The number of phosphoric acid groups is 1. The average molecular weight is 1080 g/mol. The van der Waals surface area contributed by atoms with Gasteiger partial charge in [-0.3, -0.25) is 14.2 Å². The summed E-state index contributed by atoms with van der Waals surface area (Å²) in [6, 6.07) is 0. The predicted molar refractivity (Wildman–Crippen MR) is 323 cm³/mol. The van der Waals surface area contributed by atoms with Crippen LogP contribution in [0, 0.1) is 0 Å². The molecule has 9 nitrogen and oxygen atoms in total. The first-order valence-corrected chi connectivity index (χ1v) is 32.1. The smallest absolute Gasteiger partial charge is 0.306 e. The van der Waals surface area contributed by atoms with Crippen LogP contribution in [0.2, 0.25) is 0 Å². The minimum absolute atomic E-state index is 0.0384. The van der Waals surface area contributed by atoms with Gasteiger partial charge in [-0.25, -0.2) is 0 Å². The van der Waals surface area contributed by atoms with Crippen LogP contribution in [0.25, 0.3) is 0 Å². The van der Waals surface area contributed by atoms with Crippen molar-refractivity contribution in [3.05, 3.63) is 109 Å². The van der Waals surface area contributed by atoms with E-state index < -0.39 is 32.5 Å². The van der Waals surface area contributed by atoms with E-state index in [0.29, 0.717) is 23.9 Å². The number of carbonyl (C=O) groups excluding carboxylic acids is 2. The molecule has 436 valence electrons. The first kappa shape index (κ1) is 72.7. The first-order chi connectivity index (χ1) is 37.0. The quantitative estimate of drug-likeness (QED) is 0.0195. The van der Waals surface area contributed by atoms with Gasteiger partial charge < -0.3 is 27.9 Å². The Morgan fingerprint density at radius 2 is 0.750 bits per heavy atom. The third-order valence-corrected chi connectivity index (χ3v) is 13.7. The number of hydrogen-bond donors (Lipinski definition) is 0. The number of phosphoric ester groups is 1. The molecule has 0 bridgehead atoms. The zero-order valence-electron chi connectivity index (χ0n) is 49.4. The van der Waals surface area contributed by atoms with Gasteiger partial charge in [-0.05, 0) is 103 Å². The standard InChI is InChI=1S/C66H114NO8P/c1-6-8-10-12-14-16-18-20-22-24-26-28-29-30-31-32-33-34-35-36-37-39-41-43-45-47-49-51-53-55-57-59-66(69)75-64(63-74-76(70,71)73-61-60-67(3,4)5)62-72-65(68)58-56-54-52-50-48-46-44-42-40-38-27-25-23-21-19-17-15-13-11-9-7-2/h8,10,14,16,19-22,25-28,30-31,33-34,40,42,64H,6-7,9,11-13,15,17-18,23-24,29,32,35-39,41,43-63H2,1-5H3/b10-8-,16-14-,21-19-,22-20-,27-25-,28-26-,31-30-,34-33-,42-40-. The summed E-state index contributed by atoms with van der Waals surface area (Å²) >= 11 is 0. The van der Waals surface area contributed by atoms with E-state index in [1.54, 1.807) is 0 Å². The van der Waals surface area contributed by atoms with Crippen LogP contribution in [0.1, 0.15) is 245 Å². The Kier molecular flexibility index (Phi) is 53.9. The Morgan fingerprint density at radius 1 is 0.421 bits per heavy atom. The molecule has 0 heterocycles. The van der Waals surface area contributed by atoms with Crippen molar-refractivity contribution in [3.63, 3.8) is 0 Å². The summed E-state index contributed by atoms with van der Waals surface area (Å²) in [5.41, 5.74) is 0. The number of carbonyl (C=O) groups is 2. The summed E-state index contributed by atoms with van der Waals surface area (Å²) in [5, 5.41) is 0. The highest BCUT2D eigenvalue weighted by Gasteiger charge is 2.22. The van der Waals surface area contributed by atoms with Crippen molar-refractivity contribution >= 4 is 19.8 Å². The SMILES string of the molecule is CC/C=C\C/C=C\C/C=C\C/C=C\C/C=C\C/C=C\CCCCCCCCCCCCCCC(=O)OC(COC(=O)CCCCCCCC/C=C\C/C=C\C/C=C\CCCCCCC)COP(=O)([O-])OCC[N+](C)(C)C. The number of esters is 2. The largest absolute Gasteiger partial charge is 0.756 e. The van der Waals surface area contributed by atoms with Crippen LogP contribution in [0.5, 0.6) is 0 Å². The van der Waals surface area contributed by atoms with E-state index in [4.69, 9.17) is 18.5 Å². The van der Waals surface area contributed by atoms with Crippen molar-refractivity contribution in [2.45, 2.75) is 251 Å². The molecule has 2 unspecified atom stereocenters. The number of rotatable bonds is 55. The Morgan fingerprint density at radius 3 is 1.12 bits per heavy atom. The Labute approximate surface area is 467 Å². The highest BCUT2D eigenvalue weighted by Crippen LogP contribution is 2.38. The van der Waals surface area contributed by atoms with Gasteiger partial charge in [-0.2, -0.15) is 0 Å². The van der Waals surface area contributed by atoms with Crippen molar-refractivity contribution in [2.24, 2.45) is 0 Å². The fourth-order valence-electron chi connectivity index (χ4n) is 8.08. The highest BCUT2D eigenvalue weighted by atomic mass is 31.2. The number of quaternary nitrogens is 1. The molecule has 0 aliphatic carbocycles. The number of unbranched alkanes of at least 4 members (excludes halogenated alkanes) is 23. The second-order valence-electron chi connectivity index (χ2n) is 21.3. The topological polar surface area (TPSA) is 111 Å². The van der Waals surface area contributed by atoms with Crippen molar-refractivity contribution in [2.75, 3.05) is 47.5 Å². The van der Waals surface area contributed by atoms with E-state index in [-0.39, 0.29) is 26.1 Å². The molecule has 0 fully saturated rings. The lowest BCUT2D eigenvalue weighted by Gasteiger charge is -2.28. The molecule has 0 amide bonds. The number of hydrogen-bond acceptors (Lipinski definition) is 8. The Balaban J connectivity index is 4.17. The maximum atomic E-state index is 12.8. The van der Waals surface area contributed by atoms with E-state index in [9.17, 15) is 19.0 Å². The molecular formula is C66H114NO8P. The second-order valence-corrected chi connectivity index (χ2v) is 22.7. The molecule has 0 radical (unpaired) electrons. The highest BCUT2D eigenvalue weighted by molar-refractivity contribution is 7.45. The van der Waals surface area contributed by atoms with Gasteiger partial charge in [0.05, 0.1) is 27.7 Å². The number of nitrogens with zero attached hydrogens (tertiary/aromatic N) is 1. The number of ether oxygens (including phenoxy) is 2. The summed E-state index contributed by atoms with van der Waals surface area (Å²) < 4.78 is 34.2. The van der Waals surface area contributed by atoms with E-state index in [0.717, 1.165) is 109 Å². The zero-order valence-corrected chi connectivity index (χ0v) is 50.3. The summed E-state index contributed by atoms with van der Waals surface area (Å²) in [6.45, 7) is 4.10. The lowest BCUT2D eigenvalue weighted by atomic mass is 10.0. The normalized spacial score (nSPS) is 14.0. The minimum atomic E-state index is -4.65. The second kappa shape index (κ2) is 56.4. The van der Waals surface area contributed by atoms with Crippen LogP contribution in [0.4, 0.5) is 0 Å². The van der Waals surface area contributed by atoms with Gasteiger partial charge in [0.25, 0.3) is 7.82 Å². The maximum absolute atomic E-state index is 12.8. The Bertz CT molecular complexity index is 1650. The zero-order chi connectivity index (χ0) is 55.6. The number of allylic oxidation sites excluding steroid dienone is 18. The van der Waals surface area contributed by atoms with Gasteiger partial charge in [0.2, 0.25) is 0 Å². The Hall–Kier alpha value is -3.33. The lowest BCUT2D eigenvalue weighted by molar-refractivity contribution is -0.870. The molecule has 0 saturated heterocycles. The molecule has 76 heavy (non-hydrogen) atoms. The van der Waals surface area contributed by atoms with E-state index in [2.05, 4.69) is 123 Å². The van der Waals surface area contributed by atoms with Gasteiger partial charge in [0, 0.05) is 12.8 Å². The predicted octanol–water partition coefficient (Wildman–Crippen LogP) is 18.7. The van der Waals surface area contributed by atoms with Gasteiger partial charge in [-0.1, -0.05) is 239 Å². The summed E-state index contributed by atoms with van der Waals surface area (Å²) in [4.78, 5) is 37.9. The van der Waals surface area contributed by atoms with E-state index >= 15 is 0 Å². The molecule has 10 heteroatoms. The van der Waals surface area contributed by atoms with E-state index in [1.165, 1.54) is 96.3 Å². The molecule has 0 rings (SSSR count). The van der Waals surface area contributed by atoms with Gasteiger partial charge in [-0.15, -0.1) is 0 Å². The summed E-state index contributed by atoms with van der Waals surface area (Å²) in [5.74, 6) is -0.853. The molecule has 0 aromatic carbocycles. The van der Waals surface area contributed by atoms with Crippen molar-refractivity contribution < 1.29 is 42.1 Å². The third kappa shape index (κ3) is 59.9. The fourth-order valence-corrected chi connectivity index (χ4v) is 8.81. The molecule has 0 saturated carbocycles. The molecule has 0 spiro atoms. The summed E-state index contributed by atoms with van der Waals surface area (Å²) in [6.07, 6.45) is 78.5. The van der Waals surface area contributed by atoms with Crippen LogP contribution in [-0.4, -0.2) is 70.0 Å². The van der Waals surface area contributed by atoms with Gasteiger partial charge in [0.15, 0.2) is 6.10 Å². The van der Waals surface area contributed by atoms with Crippen molar-refractivity contribution in [3.8, 4) is 0 Å². The molecule has 0 aliphatic heterocycles. The molecule has 0 aromatic rings. The minimum Gasteiger partial charge on any atom is -0.756 e. The van der Waals surface area contributed by atoms with Crippen LogP contribution in [0.15, 0.2) is 109 Å². The third-order valence-electron chi connectivity index (χ3n) is 12.8. The van der Waals surface area contributed by atoms with Gasteiger partial charge >= 0.3 is 11.9 Å². The lowest BCUT2D eigenvalue weighted by Crippen LogP contribution is -2.37. The molecule has 0 N–H and O–H groups in total. The van der Waals surface area contributed by atoms with E-state index in [1.807, 2.05) is 21.1 Å². The van der Waals surface area contributed by atoms with Crippen molar-refractivity contribution in [1.82, 2.24) is 0 Å². The summed E-state index contributed by atoms with van der Waals surface area (Å²) in [7, 11) is 1.15. The molecular weight excluding hydrogens is 966 g/mol. The monoisotopic (exact) mass is 1080 g/mol. The average Bonchev–Trinajstić information content (AvgIpc) is 3.38. The molecule has 0 aromatic heterocycles. The van der Waals surface area contributed by atoms with Crippen LogP contribution in [0.3, 0.4) is 0 Å². The first-order valence-electron chi connectivity index (χ1n) is 30.6. The van der Waals surface area contributed by atoms with Crippen LogP contribution >= 0.6 is 7.82 Å². The molecule has 0 aliphatic rings. The fraction of sp³-hybridized carbons (Fsp3) is 0.697. The number of likely N-dealkylation sites (N-methyl/N-ethyl adjacent to an activating group) is 1. The van der Waals surface area contributed by atoms with Crippen LogP contribution in [-0.2, 0) is 32.7 Å². The maximum Gasteiger partial charge on any atom is 0.306 e. The molecule has 2 atom stereocenters. The van der Waals surface area contributed by atoms with Crippen LogP contribution < -0.4 is 4.89 Å². The van der Waals surface area contributed by atoms with Gasteiger partial charge in [0.1, 0.15) is 19.8 Å². The van der Waals surface area contributed by atoms with Crippen molar-refractivity contribution in [1.29, 1.82) is 0 Å².